The minimum atomic E-state index is -0.483. The van der Waals surface area contributed by atoms with E-state index in [1.54, 1.807) is 7.05 Å². The van der Waals surface area contributed by atoms with Gasteiger partial charge in [-0.25, -0.2) is 8.78 Å². The first-order valence-corrected chi connectivity index (χ1v) is 8.37. The molecule has 2 aromatic carbocycles. The van der Waals surface area contributed by atoms with Crippen molar-refractivity contribution in [3.05, 3.63) is 65.6 Å². The zero-order chi connectivity index (χ0) is 14.9. The van der Waals surface area contributed by atoms with Crippen LogP contribution in [0.3, 0.4) is 0 Å². The van der Waals surface area contributed by atoms with Crippen LogP contribution in [0.15, 0.2) is 39.3 Å². The summed E-state index contributed by atoms with van der Waals surface area (Å²) in [7, 11) is 1.72. The van der Waals surface area contributed by atoms with Gasteiger partial charge in [-0.05, 0) is 81.5 Å². The number of benzene rings is 2. The average molecular weight is 517 g/mol. The quantitative estimate of drug-likeness (QED) is 0.425. The molecule has 1 atom stereocenters. The number of halogens is 5. The highest BCUT2D eigenvalue weighted by molar-refractivity contribution is 14.1. The largest absolute Gasteiger partial charge is 0.309 e. The molecule has 20 heavy (non-hydrogen) atoms. The summed E-state index contributed by atoms with van der Waals surface area (Å²) in [5.74, 6) is -0.938. The van der Waals surface area contributed by atoms with Gasteiger partial charge in [-0.15, -0.1) is 0 Å². The third-order valence-corrected chi connectivity index (χ3v) is 4.91. The highest BCUT2D eigenvalue weighted by Gasteiger charge is 2.20. The molecule has 0 fully saturated rings. The van der Waals surface area contributed by atoms with Crippen molar-refractivity contribution < 1.29 is 8.78 Å². The van der Waals surface area contributed by atoms with Crippen LogP contribution in [0.25, 0.3) is 0 Å². The fourth-order valence-electron chi connectivity index (χ4n) is 1.97. The topological polar surface area (TPSA) is 12.0 Å². The summed E-state index contributed by atoms with van der Waals surface area (Å²) in [6, 6.07) is 7.71. The van der Waals surface area contributed by atoms with Crippen molar-refractivity contribution in [1.82, 2.24) is 5.32 Å². The number of hydrogen-bond donors (Lipinski definition) is 1. The van der Waals surface area contributed by atoms with Crippen molar-refractivity contribution in [3.63, 3.8) is 0 Å². The van der Waals surface area contributed by atoms with Crippen LogP contribution in [0, 0.1) is 15.2 Å². The third-order valence-electron chi connectivity index (χ3n) is 2.91. The van der Waals surface area contributed by atoms with E-state index in [1.165, 1.54) is 6.07 Å². The van der Waals surface area contributed by atoms with Gasteiger partial charge in [-0.1, -0.05) is 15.9 Å². The molecule has 0 heterocycles. The zero-order valence-corrected chi connectivity index (χ0v) is 15.7. The Morgan fingerprint density at radius 2 is 1.70 bits per heavy atom. The molecular formula is C14H10Br2F2IN. The Morgan fingerprint density at radius 1 is 1.00 bits per heavy atom. The molecule has 1 N–H and O–H groups in total. The van der Waals surface area contributed by atoms with Crippen LogP contribution in [-0.2, 0) is 0 Å². The van der Waals surface area contributed by atoms with Crippen LogP contribution in [0.4, 0.5) is 8.78 Å². The minimum Gasteiger partial charge on any atom is -0.309 e. The first-order valence-electron chi connectivity index (χ1n) is 5.70. The Bertz CT molecular complexity index is 649. The molecule has 2 aromatic rings. The SMILES string of the molecule is CNC(c1cc(F)c(Br)cc1F)c1cc(I)ccc1Br. The summed E-state index contributed by atoms with van der Waals surface area (Å²) >= 11 is 8.63. The Labute approximate surface area is 146 Å². The summed E-state index contributed by atoms with van der Waals surface area (Å²) in [6.07, 6.45) is 0. The van der Waals surface area contributed by atoms with Gasteiger partial charge >= 0.3 is 0 Å². The monoisotopic (exact) mass is 515 g/mol. The summed E-state index contributed by atoms with van der Waals surface area (Å²) in [6.45, 7) is 0. The van der Waals surface area contributed by atoms with Gasteiger partial charge in [0.05, 0.1) is 10.5 Å². The minimum absolute atomic E-state index is 0.121. The molecule has 1 unspecified atom stereocenters. The molecule has 0 spiro atoms. The van der Waals surface area contributed by atoms with Crippen molar-refractivity contribution in [2.75, 3.05) is 7.05 Å². The smallest absolute Gasteiger partial charge is 0.137 e. The van der Waals surface area contributed by atoms with Gasteiger partial charge < -0.3 is 5.32 Å². The highest BCUT2D eigenvalue weighted by Crippen LogP contribution is 2.33. The second-order valence-electron chi connectivity index (χ2n) is 4.18. The molecule has 0 radical (unpaired) electrons. The zero-order valence-electron chi connectivity index (χ0n) is 10.4. The van der Waals surface area contributed by atoms with Crippen molar-refractivity contribution in [2.45, 2.75) is 6.04 Å². The number of nitrogens with one attached hydrogen (secondary N) is 1. The Morgan fingerprint density at radius 3 is 2.35 bits per heavy atom. The van der Waals surface area contributed by atoms with Crippen molar-refractivity contribution in [3.8, 4) is 0 Å². The molecule has 2 rings (SSSR count). The first kappa shape index (κ1) is 16.3. The highest BCUT2D eigenvalue weighted by atomic mass is 127. The van der Waals surface area contributed by atoms with E-state index in [9.17, 15) is 8.78 Å². The van der Waals surface area contributed by atoms with Gasteiger partial charge in [-0.2, -0.15) is 0 Å². The van der Waals surface area contributed by atoms with E-state index >= 15 is 0 Å². The molecule has 6 heteroatoms. The molecule has 0 aliphatic carbocycles. The van der Waals surface area contributed by atoms with Crippen LogP contribution < -0.4 is 5.32 Å². The lowest BCUT2D eigenvalue weighted by Gasteiger charge is -2.20. The van der Waals surface area contributed by atoms with E-state index in [-0.39, 0.29) is 10.0 Å². The summed E-state index contributed by atoms with van der Waals surface area (Å²) in [5.41, 5.74) is 1.14. The van der Waals surface area contributed by atoms with E-state index in [0.29, 0.717) is 0 Å². The predicted molar refractivity (Wildman–Crippen MR) is 91.8 cm³/mol. The molecule has 0 saturated carbocycles. The summed E-state index contributed by atoms with van der Waals surface area (Å²) in [4.78, 5) is 0. The molecular weight excluding hydrogens is 507 g/mol. The standard InChI is InChI=1S/C14H10Br2F2IN/c1-20-14(8-4-7(19)2-3-10(8)15)9-5-13(18)11(16)6-12(9)17/h2-6,14,20H,1H3. The van der Waals surface area contributed by atoms with Gasteiger partial charge in [0.1, 0.15) is 11.6 Å². The molecule has 0 saturated heterocycles. The van der Waals surface area contributed by atoms with Crippen molar-refractivity contribution >= 4 is 54.5 Å². The van der Waals surface area contributed by atoms with Crippen molar-refractivity contribution in [1.29, 1.82) is 0 Å². The molecule has 0 aliphatic rings. The van der Waals surface area contributed by atoms with Gasteiger partial charge in [0.2, 0.25) is 0 Å². The first-order chi connectivity index (χ1) is 9.43. The number of hydrogen-bond acceptors (Lipinski definition) is 1. The Balaban J connectivity index is 2.58. The second-order valence-corrected chi connectivity index (χ2v) is 7.13. The lowest BCUT2D eigenvalue weighted by Crippen LogP contribution is -2.20. The van der Waals surface area contributed by atoms with Crippen LogP contribution in [0.2, 0.25) is 0 Å². The Kier molecular flexibility index (Phi) is 5.56. The van der Waals surface area contributed by atoms with Gasteiger partial charge in [0.25, 0.3) is 0 Å². The van der Waals surface area contributed by atoms with Crippen LogP contribution in [0.5, 0.6) is 0 Å². The molecule has 1 nitrogen and oxygen atoms in total. The van der Waals surface area contributed by atoms with E-state index in [1.807, 2.05) is 18.2 Å². The molecule has 0 bridgehead atoms. The van der Waals surface area contributed by atoms with Gasteiger partial charge in [-0.3, -0.25) is 0 Å². The fourth-order valence-corrected chi connectivity index (χ4v) is 3.28. The van der Waals surface area contributed by atoms with Crippen LogP contribution in [0.1, 0.15) is 17.2 Å². The maximum absolute atomic E-state index is 14.1. The lowest BCUT2D eigenvalue weighted by atomic mass is 9.98. The third kappa shape index (κ3) is 3.40. The molecule has 0 aromatic heterocycles. The van der Waals surface area contributed by atoms with E-state index in [4.69, 9.17) is 0 Å². The number of rotatable bonds is 3. The normalized spacial score (nSPS) is 12.5. The maximum Gasteiger partial charge on any atom is 0.137 e. The van der Waals surface area contributed by atoms with E-state index in [2.05, 4.69) is 59.8 Å². The van der Waals surface area contributed by atoms with Gasteiger partial charge in [0.15, 0.2) is 0 Å². The second kappa shape index (κ2) is 6.81. The summed E-state index contributed by atoms with van der Waals surface area (Å²) < 4.78 is 29.8. The van der Waals surface area contributed by atoms with Crippen LogP contribution in [-0.4, -0.2) is 7.05 Å². The molecule has 106 valence electrons. The predicted octanol–water partition coefficient (Wildman–Crippen LogP) is 5.40. The van der Waals surface area contributed by atoms with Crippen molar-refractivity contribution in [2.24, 2.45) is 0 Å². The van der Waals surface area contributed by atoms with E-state index in [0.717, 1.165) is 19.7 Å². The molecule has 0 aliphatic heterocycles. The lowest BCUT2D eigenvalue weighted by molar-refractivity contribution is 0.554. The average Bonchev–Trinajstić information content (AvgIpc) is 2.40. The summed E-state index contributed by atoms with van der Waals surface area (Å²) in [5, 5.41) is 3.03. The van der Waals surface area contributed by atoms with Gasteiger partial charge in [0, 0.05) is 13.6 Å². The Hall–Kier alpha value is -0.0500. The van der Waals surface area contributed by atoms with E-state index < -0.39 is 17.7 Å². The fraction of sp³-hybridized carbons (Fsp3) is 0.143. The molecule has 0 amide bonds. The van der Waals surface area contributed by atoms with Crippen LogP contribution >= 0.6 is 54.5 Å². The maximum atomic E-state index is 14.1.